The maximum Gasteiger partial charge on any atom is 0.198 e. The van der Waals surface area contributed by atoms with Gasteiger partial charge in [-0.25, -0.2) is 4.98 Å². The van der Waals surface area contributed by atoms with Crippen LogP contribution < -0.4 is 5.73 Å². The highest BCUT2D eigenvalue weighted by Gasteiger charge is 2.02. The fourth-order valence-electron chi connectivity index (χ4n) is 2.25. The molecule has 0 amide bonds. The molecule has 0 saturated carbocycles. The van der Waals surface area contributed by atoms with Crippen LogP contribution in [0, 0.1) is 0 Å². The minimum absolute atomic E-state index is 0.396. The summed E-state index contributed by atoms with van der Waals surface area (Å²) in [5.74, 6) is 0.396. The Hall–Kier alpha value is -1.26. The zero-order chi connectivity index (χ0) is 13.7. The number of nitrogens with two attached hydrogens (primary N) is 1. The summed E-state index contributed by atoms with van der Waals surface area (Å²) in [5, 5.41) is 0.621. The fourth-order valence-corrected chi connectivity index (χ4v) is 2.46. The molecule has 104 valence electrons. The summed E-state index contributed by atoms with van der Waals surface area (Å²) in [5.41, 5.74) is 7.03. The van der Waals surface area contributed by atoms with Gasteiger partial charge in [0.15, 0.2) is 5.95 Å². The van der Waals surface area contributed by atoms with Crippen molar-refractivity contribution in [3.05, 3.63) is 23.2 Å². The van der Waals surface area contributed by atoms with Crippen LogP contribution in [0.25, 0.3) is 11.0 Å². The maximum absolute atomic E-state index is 5.83. The molecule has 19 heavy (non-hydrogen) atoms. The maximum atomic E-state index is 5.83. The highest BCUT2D eigenvalue weighted by Crippen LogP contribution is 2.21. The highest BCUT2D eigenvalue weighted by molar-refractivity contribution is 6.34. The number of aromatic nitrogens is 2. The van der Waals surface area contributed by atoms with Gasteiger partial charge >= 0.3 is 0 Å². The number of imidazole rings is 1. The number of anilines is 1. The van der Waals surface area contributed by atoms with Crippen molar-refractivity contribution in [3.8, 4) is 0 Å². The van der Waals surface area contributed by atoms with E-state index in [1.54, 1.807) is 6.07 Å². The minimum atomic E-state index is 0.396. The van der Waals surface area contributed by atoms with Gasteiger partial charge in [-0.1, -0.05) is 30.5 Å². The number of nitrogens with one attached hydrogen (secondary N) is 1. The SMILES string of the molecule is CN1CCCCCC1.Nc1nc2c(Cl)cccc2[nH]1. The standard InChI is InChI=1S/C7H6ClN3.C7H15N/c8-4-2-1-3-5-6(4)11-7(9)10-5;1-8-6-4-2-3-5-7-8/h1-3H,(H3,9,10,11);2-7H2,1H3. The Morgan fingerprint density at radius 1 is 1.21 bits per heavy atom. The van der Waals surface area contributed by atoms with Crippen LogP contribution in [-0.2, 0) is 0 Å². The van der Waals surface area contributed by atoms with E-state index in [2.05, 4.69) is 21.9 Å². The first-order valence-corrected chi connectivity index (χ1v) is 7.13. The van der Waals surface area contributed by atoms with Gasteiger partial charge in [-0.05, 0) is 45.1 Å². The van der Waals surface area contributed by atoms with E-state index in [1.807, 2.05) is 12.1 Å². The zero-order valence-electron chi connectivity index (χ0n) is 11.3. The third-order valence-electron chi connectivity index (χ3n) is 3.31. The van der Waals surface area contributed by atoms with Gasteiger partial charge < -0.3 is 15.6 Å². The smallest absolute Gasteiger partial charge is 0.198 e. The molecule has 0 radical (unpaired) electrons. The first kappa shape index (κ1) is 14.2. The van der Waals surface area contributed by atoms with Gasteiger partial charge in [0.1, 0.15) is 5.52 Å². The Labute approximate surface area is 118 Å². The summed E-state index contributed by atoms with van der Waals surface area (Å²) < 4.78 is 0. The van der Waals surface area contributed by atoms with Crippen LogP contribution >= 0.6 is 11.6 Å². The summed E-state index contributed by atoms with van der Waals surface area (Å²) in [6.07, 6.45) is 5.72. The monoisotopic (exact) mass is 280 g/mol. The number of aromatic amines is 1. The predicted octanol–water partition coefficient (Wildman–Crippen LogP) is 3.29. The number of halogens is 1. The normalized spacial score (nSPS) is 16.7. The van der Waals surface area contributed by atoms with Gasteiger partial charge in [-0.2, -0.15) is 0 Å². The number of H-pyrrole nitrogens is 1. The lowest BCUT2D eigenvalue weighted by molar-refractivity contribution is 0.349. The van der Waals surface area contributed by atoms with Crippen molar-refractivity contribution < 1.29 is 0 Å². The third-order valence-corrected chi connectivity index (χ3v) is 3.62. The molecular weight excluding hydrogens is 260 g/mol. The fraction of sp³-hybridized carbons (Fsp3) is 0.500. The molecular formula is C14H21ClN4. The lowest BCUT2D eigenvalue weighted by atomic mass is 10.2. The second kappa shape index (κ2) is 6.78. The first-order chi connectivity index (χ1) is 9.16. The molecule has 1 fully saturated rings. The van der Waals surface area contributed by atoms with Crippen LogP contribution in [0.4, 0.5) is 5.95 Å². The molecule has 1 aliphatic heterocycles. The van der Waals surface area contributed by atoms with Gasteiger partial charge in [0.05, 0.1) is 10.5 Å². The van der Waals surface area contributed by atoms with Crippen molar-refractivity contribution in [1.29, 1.82) is 0 Å². The number of nitrogen functional groups attached to an aromatic ring is 1. The molecule has 1 aromatic heterocycles. The van der Waals surface area contributed by atoms with Gasteiger partial charge in [0.2, 0.25) is 0 Å². The molecule has 0 spiro atoms. The van der Waals surface area contributed by atoms with Gasteiger partial charge in [0, 0.05) is 0 Å². The van der Waals surface area contributed by atoms with E-state index < -0.39 is 0 Å². The summed E-state index contributed by atoms with van der Waals surface area (Å²) >= 11 is 5.83. The van der Waals surface area contributed by atoms with Crippen LogP contribution in [0.2, 0.25) is 5.02 Å². The molecule has 3 N–H and O–H groups in total. The van der Waals surface area contributed by atoms with Crippen LogP contribution in [0.15, 0.2) is 18.2 Å². The topological polar surface area (TPSA) is 57.9 Å². The predicted molar refractivity (Wildman–Crippen MR) is 81.5 cm³/mol. The van der Waals surface area contributed by atoms with Crippen molar-refractivity contribution >= 4 is 28.6 Å². The van der Waals surface area contributed by atoms with Gasteiger partial charge in [-0.15, -0.1) is 0 Å². The third kappa shape index (κ3) is 4.11. The number of benzene rings is 1. The Balaban J connectivity index is 0.000000148. The zero-order valence-corrected chi connectivity index (χ0v) is 12.1. The number of rotatable bonds is 0. The van der Waals surface area contributed by atoms with Crippen molar-refractivity contribution in [2.45, 2.75) is 25.7 Å². The van der Waals surface area contributed by atoms with E-state index in [0.717, 1.165) is 11.0 Å². The van der Waals surface area contributed by atoms with E-state index in [9.17, 15) is 0 Å². The number of likely N-dealkylation sites (tertiary alicyclic amines) is 1. The van der Waals surface area contributed by atoms with Crippen molar-refractivity contribution in [1.82, 2.24) is 14.9 Å². The number of hydrogen-bond acceptors (Lipinski definition) is 3. The highest BCUT2D eigenvalue weighted by atomic mass is 35.5. The molecule has 0 atom stereocenters. The van der Waals surface area contributed by atoms with Gasteiger partial charge in [-0.3, -0.25) is 0 Å². The Morgan fingerprint density at radius 2 is 1.89 bits per heavy atom. The Kier molecular flexibility index (Phi) is 5.05. The molecule has 0 bridgehead atoms. The molecule has 1 saturated heterocycles. The summed E-state index contributed by atoms with van der Waals surface area (Å²) in [6, 6.07) is 5.51. The molecule has 5 heteroatoms. The molecule has 1 aromatic carbocycles. The minimum Gasteiger partial charge on any atom is -0.369 e. The molecule has 1 aliphatic rings. The Bertz CT molecular complexity index is 515. The number of hydrogen-bond donors (Lipinski definition) is 2. The average Bonchev–Trinajstić information content (AvgIpc) is 2.60. The summed E-state index contributed by atoms with van der Waals surface area (Å²) in [6.45, 7) is 2.64. The molecule has 2 aromatic rings. The second-order valence-electron chi connectivity index (χ2n) is 4.98. The number of para-hydroxylation sites is 1. The van der Waals surface area contributed by atoms with E-state index >= 15 is 0 Å². The number of fused-ring (bicyclic) bond motifs is 1. The van der Waals surface area contributed by atoms with Gasteiger partial charge in [0.25, 0.3) is 0 Å². The van der Waals surface area contributed by atoms with Crippen molar-refractivity contribution in [3.63, 3.8) is 0 Å². The van der Waals surface area contributed by atoms with Crippen LogP contribution in [-0.4, -0.2) is 35.0 Å². The second-order valence-corrected chi connectivity index (χ2v) is 5.38. The van der Waals surface area contributed by atoms with E-state index in [-0.39, 0.29) is 0 Å². The molecule has 4 nitrogen and oxygen atoms in total. The number of nitrogens with zero attached hydrogens (tertiary/aromatic N) is 2. The molecule has 2 heterocycles. The molecule has 0 unspecified atom stereocenters. The van der Waals surface area contributed by atoms with Crippen molar-refractivity contribution in [2.24, 2.45) is 0 Å². The molecule has 0 aliphatic carbocycles. The average molecular weight is 281 g/mol. The van der Waals surface area contributed by atoms with Crippen LogP contribution in [0.5, 0.6) is 0 Å². The molecule has 3 rings (SSSR count). The van der Waals surface area contributed by atoms with Crippen LogP contribution in [0.1, 0.15) is 25.7 Å². The first-order valence-electron chi connectivity index (χ1n) is 6.75. The summed E-state index contributed by atoms with van der Waals surface area (Å²) in [7, 11) is 2.21. The largest absolute Gasteiger partial charge is 0.369 e. The summed E-state index contributed by atoms with van der Waals surface area (Å²) in [4.78, 5) is 9.31. The van der Waals surface area contributed by atoms with Crippen molar-refractivity contribution in [2.75, 3.05) is 25.9 Å². The van der Waals surface area contributed by atoms with E-state index in [1.165, 1.54) is 38.8 Å². The van der Waals surface area contributed by atoms with E-state index in [4.69, 9.17) is 17.3 Å². The van der Waals surface area contributed by atoms with Crippen LogP contribution in [0.3, 0.4) is 0 Å². The quantitative estimate of drug-likeness (QED) is 0.778. The Morgan fingerprint density at radius 3 is 2.53 bits per heavy atom. The lowest BCUT2D eigenvalue weighted by Crippen LogP contribution is -2.18. The van der Waals surface area contributed by atoms with E-state index in [0.29, 0.717) is 11.0 Å². The lowest BCUT2D eigenvalue weighted by Gasteiger charge is -2.10.